The minimum Gasteiger partial charge on any atom is -0.507 e. The first-order valence-corrected chi connectivity index (χ1v) is 15.7. The summed E-state index contributed by atoms with van der Waals surface area (Å²) in [5, 5.41) is 11.5. The molecule has 4 aromatic carbocycles. The number of amides is 1. The van der Waals surface area contributed by atoms with Crippen LogP contribution in [0.15, 0.2) is 115 Å². The van der Waals surface area contributed by atoms with E-state index in [4.69, 9.17) is 14.2 Å². The first-order valence-electron chi connectivity index (χ1n) is 15.7. The summed E-state index contributed by atoms with van der Waals surface area (Å²) < 4.78 is 17.3. The van der Waals surface area contributed by atoms with Crippen LogP contribution in [0.2, 0.25) is 0 Å². The summed E-state index contributed by atoms with van der Waals surface area (Å²) in [5.74, 6) is -0.212. The predicted octanol–water partition coefficient (Wildman–Crippen LogP) is 5.99. The number of nitrogens with zero attached hydrogens (tertiary/aromatic N) is 2. The second kappa shape index (κ2) is 14.9. The highest BCUT2D eigenvalue weighted by molar-refractivity contribution is 6.46. The monoisotopic (exact) mass is 618 g/mol. The lowest BCUT2D eigenvalue weighted by Gasteiger charge is -2.29. The number of benzene rings is 4. The molecule has 46 heavy (non-hydrogen) atoms. The van der Waals surface area contributed by atoms with Crippen molar-refractivity contribution in [2.75, 3.05) is 39.4 Å². The summed E-state index contributed by atoms with van der Waals surface area (Å²) in [7, 11) is 0. The first-order chi connectivity index (χ1) is 22.6. The fourth-order valence-electron chi connectivity index (χ4n) is 5.84. The Hall–Kier alpha value is -4.92. The maximum Gasteiger partial charge on any atom is 0.295 e. The molecule has 0 aromatic heterocycles. The Morgan fingerprint density at radius 1 is 0.717 bits per heavy atom. The van der Waals surface area contributed by atoms with Crippen molar-refractivity contribution in [3.8, 4) is 11.5 Å². The second-order valence-electron chi connectivity index (χ2n) is 11.4. The first kappa shape index (κ1) is 31.1. The second-order valence-corrected chi connectivity index (χ2v) is 11.4. The van der Waals surface area contributed by atoms with Crippen molar-refractivity contribution in [2.45, 2.75) is 25.7 Å². The van der Waals surface area contributed by atoms with Gasteiger partial charge in [0.1, 0.15) is 30.5 Å². The molecule has 2 aliphatic rings. The van der Waals surface area contributed by atoms with E-state index in [-0.39, 0.29) is 11.3 Å². The van der Waals surface area contributed by atoms with Gasteiger partial charge in [0.05, 0.1) is 24.8 Å². The number of rotatable bonds is 12. The van der Waals surface area contributed by atoms with Gasteiger partial charge in [0.15, 0.2) is 0 Å². The average molecular weight is 619 g/mol. The number of Topliss-reactive ketones (excluding diaryl/α,β-unsaturated/α-hetero) is 1. The number of carbonyl (C=O) groups is 2. The van der Waals surface area contributed by atoms with E-state index in [1.54, 1.807) is 29.2 Å². The van der Waals surface area contributed by atoms with Gasteiger partial charge in [-0.3, -0.25) is 14.5 Å². The molecular formula is C38H38N2O6. The zero-order chi connectivity index (χ0) is 31.7. The maximum absolute atomic E-state index is 13.5. The number of aliphatic hydroxyl groups excluding tert-OH is 1. The van der Waals surface area contributed by atoms with Gasteiger partial charge in [0.2, 0.25) is 0 Å². The van der Waals surface area contributed by atoms with Gasteiger partial charge < -0.3 is 24.2 Å². The van der Waals surface area contributed by atoms with Crippen LogP contribution in [0, 0.1) is 0 Å². The van der Waals surface area contributed by atoms with E-state index in [1.807, 2.05) is 84.9 Å². The van der Waals surface area contributed by atoms with Gasteiger partial charge in [-0.15, -0.1) is 0 Å². The molecule has 6 rings (SSSR count). The normalized spacial score (nSPS) is 18.1. The number of likely N-dealkylation sites (tertiary alicyclic amines) is 1. The summed E-state index contributed by atoms with van der Waals surface area (Å²) >= 11 is 0. The molecule has 0 spiro atoms. The van der Waals surface area contributed by atoms with Gasteiger partial charge in [0, 0.05) is 31.7 Å². The number of ketones is 1. The van der Waals surface area contributed by atoms with Crippen molar-refractivity contribution < 1.29 is 28.9 Å². The molecule has 0 bridgehead atoms. The van der Waals surface area contributed by atoms with Crippen molar-refractivity contribution in [2.24, 2.45) is 0 Å². The van der Waals surface area contributed by atoms with E-state index >= 15 is 0 Å². The van der Waals surface area contributed by atoms with E-state index < -0.39 is 17.7 Å². The molecular weight excluding hydrogens is 580 g/mol. The third-order valence-electron chi connectivity index (χ3n) is 8.34. The molecule has 1 N–H and O–H groups in total. The van der Waals surface area contributed by atoms with E-state index in [0.29, 0.717) is 56.5 Å². The average Bonchev–Trinajstić information content (AvgIpc) is 3.36. The highest BCUT2D eigenvalue weighted by atomic mass is 16.5. The summed E-state index contributed by atoms with van der Waals surface area (Å²) in [6, 6.07) is 33.3. The molecule has 8 nitrogen and oxygen atoms in total. The minimum absolute atomic E-state index is 0.0762. The van der Waals surface area contributed by atoms with Gasteiger partial charge >= 0.3 is 0 Å². The Bertz CT molecular complexity index is 1630. The van der Waals surface area contributed by atoms with Crippen LogP contribution in [0.4, 0.5) is 0 Å². The van der Waals surface area contributed by atoms with Crippen molar-refractivity contribution in [3.05, 3.63) is 137 Å². The van der Waals surface area contributed by atoms with Crippen molar-refractivity contribution in [1.29, 1.82) is 0 Å². The topological polar surface area (TPSA) is 88.5 Å². The van der Waals surface area contributed by atoms with Crippen LogP contribution < -0.4 is 9.47 Å². The molecule has 1 atom stereocenters. The van der Waals surface area contributed by atoms with Gasteiger partial charge in [0.25, 0.3) is 11.7 Å². The molecule has 0 radical (unpaired) electrons. The number of morpholine rings is 1. The number of carbonyl (C=O) groups excluding carboxylic acids is 2. The Kier molecular flexibility index (Phi) is 10.1. The largest absolute Gasteiger partial charge is 0.507 e. The molecule has 4 aromatic rings. The molecule has 0 saturated carbocycles. The molecule has 8 heteroatoms. The van der Waals surface area contributed by atoms with Gasteiger partial charge in [-0.25, -0.2) is 0 Å². The number of aliphatic hydroxyl groups is 1. The summed E-state index contributed by atoms with van der Waals surface area (Å²) in [6.07, 6.45) is 0.690. The Labute approximate surface area is 269 Å². The molecule has 2 fully saturated rings. The zero-order valence-corrected chi connectivity index (χ0v) is 25.7. The molecule has 1 unspecified atom stereocenters. The lowest BCUT2D eigenvalue weighted by molar-refractivity contribution is -0.140. The van der Waals surface area contributed by atoms with Crippen LogP contribution in [0.25, 0.3) is 5.76 Å². The quantitative estimate of drug-likeness (QED) is 0.119. The molecule has 2 aliphatic heterocycles. The van der Waals surface area contributed by atoms with E-state index in [1.165, 1.54) is 0 Å². The summed E-state index contributed by atoms with van der Waals surface area (Å²) in [5.41, 5.74) is 3.33. The Morgan fingerprint density at radius 3 is 1.83 bits per heavy atom. The SMILES string of the molecule is O=C1C(=O)N(CCCN2CCOCC2)C(c2ccc(OCc3ccccc3)cc2)C1=C(O)c1ccc(OCc2ccccc2)cc1. The van der Waals surface area contributed by atoms with Crippen molar-refractivity contribution >= 4 is 17.4 Å². The lowest BCUT2D eigenvalue weighted by atomic mass is 9.95. The minimum atomic E-state index is -0.734. The lowest BCUT2D eigenvalue weighted by Crippen LogP contribution is -2.38. The molecule has 2 saturated heterocycles. The van der Waals surface area contributed by atoms with Crippen LogP contribution in [0.1, 0.15) is 34.7 Å². The fourth-order valence-corrected chi connectivity index (χ4v) is 5.84. The van der Waals surface area contributed by atoms with Crippen LogP contribution in [-0.2, 0) is 27.5 Å². The highest BCUT2D eigenvalue weighted by Crippen LogP contribution is 2.40. The van der Waals surface area contributed by atoms with Crippen LogP contribution in [0.3, 0.4) is 0 Å². The molecule has 1 amide bonds. The number of hydrogen-bond donors (Lipinski definition) is 1. The predicted molar refractivity (Wildman–Crippen MR) is 175 cm³/mol. The standard InChI is InChI=1S/C38H38N2O6/c41-36(31-14-18-33(19-15-31)46-27-29-10-5-2-6-11-29)34-35(30-12-16-32(17-13-30)45-26-28-8-3-1-4-9-28)40(38(43)37(34)42)21-7-20-39-22-24-44-25-23-39/h1-6,8-19,35,41H,7,20-27H2. The number of hydrogen-bond acceptors (Lipinski definition) is 7. The zero-order valence-electron chi connectivity index (χ0n) is 25.7. The van der Waals surface area contributed by atoms with Crippen LogP contribution in [0.5, 0.6) is 11.5 Å². The summed E-state index contributed by atoms with van der Waals surface area (Å²) in [6.45, 7) is 5.07. The molecule has 236 valence electrons. The Balaban J connectivity index is 1.23. The van der Waals surface area contributed by atoms with E-state index in [9.17, 15) is 14.7 Å². The van der Waals surface area contributed by atoms with Gasteiger partial charge in [-0.2, -0.15) is 0 Å². The summed E-state index contributed by atoms with van der Waals surface area (Å²) in [4.78, 5) is 30.9. The number of ether oxygens (including phenoxy) is 3. The van der Waals surface area contributed by atoms with E-state index in [0.717, 1.165) is 36.3 Å². The van der Waals surface area contributed by atoms with Gasteiger partial charge in [-0.05, 0) is 59.5 Å². The van der Waals surface area contributed by atoms with Crippen LogP contribution >= 0.6 is 0 Å². The highest BCUT2D eigenvalue weighted by Gasteiger charge is 2.45. The Morgan fingerprint density at radius 2 is 1.26 bits per heavy atom. The molecule has 2 heterocycles. The third-order valence-corrected chi connectivity index (χ3v) is 8.34. The van der Waals surface area contributed by atoms with Crippen LogP contribution in [-0.4, -0.2) is 66.0 Å². The van der Waals surface area contributed by atoms with Crippen molar-refractivity contribution in [1.82, 2.24) is 9.80 Å². The van der Waals surface area contributed by atoms with E-state index in [2.05, 4.69) is 4.90 Å². The maximum atomic E-state index is 13.5. The smallest absolute Gasteiger partial charge is 0.295 e. The third kappa shape index (κ3) is 7.47. The van der Waals surface area contributed by atoms with Gasteiger partial charge in [-0.1, -0.05) is 72.8 Å². The fraction of sp³-hybridized carbons (Fsp3) is 0.263. The molecule has 0 aliphatic carbocycles. The van der Waals surface area contributed by atoms with Crippen molar-refractivity contribution in [3.63, 3.8) is 0 Å².